The SMILES string of the molecule is Cc1cc(F)ccc1Oc1cc(C(F)(F)F)ccc1Nc1ccn(COP(=O)(O)O)c(=O)c1. The Balaban J connectivity index is 1.93. The van der Waals surface area contributed by atoms with Crippen molar-refractivity contribution in [3.63, 3.8) is 0 Å². The van der Waals surface area contributed by atoms with Gasteiger partial charge < -0.3 is 19.8 Å². The van der Waals surface area contributed by atoms with Crippen LogP contribution < -0.4 is 15.6 Å². The lowest BCUT2D eigenvalue weighted by molar-refractivity contribution is -0.137. The van der Waals surface area contributed by atoms with Crippen LogP contribution in [0.1, 0.15) is 11.1 Å². The van der Waals surface area contributed by atoms with Crippen molar-refractivity contribution in [2.24, 2.45) is 0 Å². The number of phosphoric acid groups is 1. The van der Waals surface area contributed by atoms with Crippen LogP contribution in [0.4, 0.5) is 28.9 Å². The quantitative estimate of drug-likeness (QED) is 0.320. The first-order chi connectivity index (χ1) is 15.3. The van der Waals surface area contributed by atoms with E-state index in [4.69, 9.17) is 14.5 Å². The van der Waals surface area contributed by atoms with E-state index in [1.54, 1.807) is 0 Å². The van der Waals surface area contributed by atoms with Crippen LogP contribution in [0.15, 0.2) is 59.5 Å². The zero-order valence-corrected chi connectivity index (χ0v) is 17.7. The Morgan fingerprint density at radius 3 is 2.39 bits per heavy atom. The van der Waals surface area contributed by atoms with Gasteiger partial charge in [0.25, 0.3) is 5.56 Å². The number of benzene rings is 2. The molecule has 0 radical (unpaired) electrons. The summed E-state index contributed by atoms with van der Waals surface area (Å²) in [6.07, 6.45) is -3.47. The van der Waals surface area contributed by atoms with Crippen LogP contribution in [0, 0.1) is 12.7 Å². The molecule has 0 saturated heterocycles. The zero-order valence-electron chi connectivity index (χ0n) is 16.8. The Labute approximate surface area is 184 Å². The highest BCUT2D eigenvalue weighted by atomic mass is 31.2. The lowest BCUT2D eigenvalue weighted by Crippen LogP contribution is -2.19. The van der Waals surface area contributed by atoms with Gasteiger partial charge in [0.2, 0.25) is 0 Å². The average molecular weight is 488 g/mol. The molecule has 3 rings (SSSR count). The van der Waals surface area contributed by atoms with Gasteiger partial charge in [0, 0.05) is 18.0 Å². The molecule has 1 heterocycles. The minimum atomic E-state index is -4.79. The molecule has 3 aromatic rings. The number of pyridine rings is 1. The zero-order chi connectivity index (χ0) is 24.4. The van der Waals surface area contributed by atoms with Crippen LogP contribution in [0.3, 0.4) is 0 Å². The number of aryl methyl sites for hydroxylation is 1. The summed E-state index contributed by atoms with van der Waals surface area (Å²) in [7, 11) is -4.79. The summed E-state index contributed by atoms with van der Waals surface area (Å²) < 4.78 is 74.5. The second-order valence-corrected chi connectivity index (χ2v) is 8.06. The smallest absolute Gasteiger partial charge is 0.455 e. The summed E-state index contributed by atoms with van der Waals surface area (Å²) in [5.41, 5.74) is -1.08. The number of rotatable bonds is 7. The fraction of sp³-hybridized carbons (Fsp3) is 0.150. The molecule has 33 heavy (non-hydrogen) atoms. The van der Waals surface area contributed by atoms with Gasteiger partial charge in [-0.3, -0.25) is 13.9 Å². The van der Waals surface area contributed by atoms with E-state index in [1.807, 2.05) is 0 Å². The van der Waals surface area contributed by atoms with Gasteiger partial charge in [0.15, 0.2) is 5.75 Å². The van der Waals surface area contributed by atoms with E-state index in [-0.39, 0.29) is 22.9 Å². The van der Waals surface area contributed by atoms with Gasteiger partial charge in [-0.1, -0.05) is 0 Å². The van der Waals surface area contributed by atoms with Crippen LogP contribution in [-0.2, 0) is 22.0 Å². The van der Waals surface area contributed by atoms with Crippen LogP contribution in [0.2, 0.25) is 0 Å². The maximum absolute atomic E-state index is 13.4. The molecule has 0 aliphatic rings. The number of phosphoric ester groups is 1. The van der Waals surface area contributed by atoms with Crippen molar-refractivity contribution in [3.8, 4) is 11.5 Å². The summed E-state index contributed by atoms with van der Waals surface area (Å²) in [6.45, 7) is 0.820. The topological polar surface area (TPSA) is 110 Å². The Morgan fingerprint density at radius 2 is 1.79 bits per heavy atom. The molecular weight excluding hydrogens is 471 g/mol. The summed E-state index contributed by atoms with van der Waals surface area (Å²) in [5.74, 6) is -0.636. The predicted molar refractivity (Wildman–Crippen MR) is 110 cm³/mol. The van der Waals surface area contributed by atoms with Crippen molar-refractivity contribution in [1.29, 1.82) is 0 Å². The second kappa shape index (κ2) is 9.36. The molecule has 0 unspecified atom stereocenters. The highest BCUT2D eigenvalue weighted by molar-refractivity contribution is 7.46. The van der Waals surface area contributed by atoms with Crippen molar-refractivity contribution in [2.75, 3.05) is 5.32 Å². The van der Waals surface area contributed by atoms with Gasteiger partial charge in [-0.15, -0.1) is 0 Å². The first kappa shape index (κ1) is 24.5. The monoisotopic (exact) mass is 488 g/mol. The number of alkyl halides is 3. The van der Waals surface area contributed by atoms with Crippen molar-refractivity contribution >= 4 is 19.2 Å². The van der Waals surface area contributed by atoms with Crippen LogP contribution in [-0.4, -0.2) is 14.4 Å². The van der Waals surface area contributed by atoms with Crippen LogP contribution >= 0.6 is 7.82 Å². The van der Waals surface area contributed by atoms with E-state index in [0.29, 0.717) is 5.56 Å². The third-order valence-electron chi connectivity index (χ3n) is 4.31. The summed E-state index contributed by atoms with van der Waals surface area (Å²) >= 11 is 0. The van der Waals surface area contributed by atoms with Gasteiger partial charge in [0.05, 0.1) is 11.3 Å². The number of anilines is 2. The van der Waals surface area contributed by atoms with Crippen molar-refractivity contribution in [1.82, 2.24) is 4.57 Å². The molecule has 0 amide bonds. The third-order valence-corrected chi connectivity index (χ3v) is 4.76. The Morgan fingerprint density at radius 1 is 1.06 bits per heavy atom. The van der Waals surface area contributed by atoms with Crippen molar-refractivity contribution < 1.29 is 41.2 Å². The molecule has 3 N–H and O–H groups in total. The molecule has 2 aromatic carbocycles. The molecule has 0 spiro atoms. The predicted octanol–water partition coefficient (Wildman–Crippen LogP) is 4.92. The minimum Gasteiger partial charge on any atom is -0.455 e. The van der Waals surface area contributed by atoms with Crippen LogP contribution in [0.5, 0.6) is 11.5 Å². The molecule has 8 nitrogen and oxygen atoms in total. The van der Waals surface area contributed by atoms with Gasteiger partial charge in [-0.2, -0.15) is 13.2 Å². The van der Waals surface area contributed by atoms with E-state index in [1.165, 1.54) is 25.3 Å². The molecule has 0 fully saturated rings. The largest absolute Gasteiger partial charge is 0.471 e. The number of hydrogen-bond acceptors (Lipinski definition) is 5. The van der Waals surface area contributed by atoms with E-state index in [0.717, 1.165) is 41.0 Å². The summed E-state index contributed by atoms with van der Waals surface area (Å²) in [5, 5.41) is 2.77. The van der Waals surface area contributed by atoms with Gasteiger partial charge >= 0.3 is 14.0 Å². The minimum absolute atomic E-state index is 0.0790. The number of nitrogens with one attached hydrogen (secondary N) is 1. The van der Waals surface area contributed by atoms with E-state index >= 15 is 0 Å². The maximum atomic E-state index is 13.4. The van der Waals surface area contributed by atoms with Crippen LogP contribution in [0.25, 0.3) is 0 Å². The van der Waals surface area contributed by atoms with E-state index < -0.39 is 37.7 Å². The molecule has 0 aliphatic carbocycles. The normalized spacial score (nSPS) is 12.0. The van der Waals surface area contributed by atoms with Crippen molar-refractivity contribution in [3.05, 3.63) is 82.0 Å². The Bertz CT molecular complexity index is 1270. The highest BCUT2D eigenvalue weighted by Gasteiger charge is 2.31. The van der Waals surface area contributed by atoms with Gasteiger partial charge in [0.1, 0.15) is 18.3 Å². The van der Waals surface area contributed by atoms with E-state index in [2.05, 4.69) is 9.84 Å². The maximum Gasteiger partial charge on any atom is 0.471 e. The standard InChI is InChI=1S/C20H17F4N2O6P/c1-12-8-14(21)3-5-17(12)32-18-9-13(20(22,23)24)2-4-16(18)25-15-6-7-26(19(27)10-15)11-31-33(28,29)30/h2-10,25H,11H2,1H3,(H2,28,29,30). The number of halogens is 4. The lowest BCUT2D eigenvalue weighted by Gasteiger charge is -2.17. The summed E-state index contributed by atoms with van der Waals surface area (Å²) in [6, 6.07) is 8.62. The van der Waals surface area contributed by atoms with Crippen molar-refractivity contribution in [2.45, 2.75) is 19.8 Å². The number of hydrogen-bond donors (Lipinski definition) is 3. The highest BCUT2D eigenvalue weighted by Crippen LogP contribution is 2.39. The summed E-state index contributed by atoms with van der Waals surface area (Å²) in [4.78, 5) is 29.6. The van der Waals surface area contributed by atoms with E-state index in [9.17, 15) is 26.9 Å². The first-order valence-electron chi connectivity index (χ1n) is 9.15. The number of aromatic nitrogens is 1. The molecule has 0 aliphatic heterocycles. The molecule has 0 saturated carbocycles. The molecule has 0 bridgehead atoms. The van der Waals surface area contributed by atoms with Gasteiger partial charge in [-0.05, 0) is 55.0 Å². The third kappa shape index (κ3) is 6.65. The molecule has 176 valence electrons. The number of nitrogens with zero attached hydrogens (tertiary/aromatic N) is 1. The second-order valence-electron chi connectivity index (χ2n) is 6.82. The van der Waals surface area contributed by atoms with Gasteiger partial charge in [-0.25, -0.2) is 8.96 Å². The average Bonchev–Trinajstić information content (AvgIpc) is 2.69. The fourth-order valence-corrected chi connectivity index (χ4v) is 2.99. The molecule has 13 heteroatoms. The fourth-order valence-electron chi connectivity index (χ4n) is 2.72. The Kier molecular flexibility index (Phi) is 6.94. The molecular formula is C20H17F4N2O6P. The Hall–Kier alpha value is -3.18. The lowest BCUT2D eigenvalue weighted by atomic mass is 10.1. The molecule has 0 atom stereocenters. The number of ether oxygens (including phenoxy) is 1. The molecule has 1 aromatic heterocycles. The first-order valence-corrected chi connectivity index (χ1v) is 10.7.